The Bertz CT molecular complexity index is 1100. The van der Waals surface area contributed by atoms with E-state index in [9.17, 15) is 4.79 Å². The summed E-state index contributed by atoms with van der Waals surface area (Å²) in [6.07, 6.45) is 4.34. The third-order valence-corrected chi connectivity index (χ3v) is 6.91. The van der Waals surface area contributed by atoms with Crippen molar-refractivity contribution in [3.05, 3.63) is 65.3 Å². The van der Waals surface area contributed by atoms with Gasteiger partial charge in [-0.05, 0) is 61.1 Å². The number of rotatable bonds is 9. The summed E-state index contributed by atoms with van der Waals surface area (Å²) >= 11 is 6.38. The highest BCUT2D eigenvalue weighted by Gasteiger charge is 2.27. The van der Waals surface area contributed by atoms with Crippen molar-refractivity contribution >= 4 is 17.6 Å². The van der Waals surface area contributed by atoms with Gasteiger partial charge in [0.2, 0.25) is 0 Å². The molecule has 0 unspecified atom stereocenters. The van der Waals surface area contributed by atoms with Gasteiger partial charge in [-0.15, -0.1) is 0 Å². The van der Waals surface area contributed by atoms with E-state index in [1.807, 2.05) is 24.3 Å². The zero-order chi connectivity index (χ0) is 24.1. The van der Waals surface area contributed by atoms with Gasteiger partial charge in [0, 0.05) is 28.4 Å². The monoisotopic (exact) mass is 480 g/mol. The van der Waals surface area contributed by atoms with E-state index in [0.717, 1.165) is 54.1 Å². The highest BCUT2D eigenvalue weighted by atomic mass is 35.5. The molecule has 1 aromatic heterocycles. The van der Waals surface area contributed by atoms with Crippen LogP contribution in [0.1, 0.15) is 51.1 Å². The van der Waals surface area contributed by atoms with Crippen molar-refractivity contribution in [2.75, 3.05) is 13.2 Å². The molecule has 4 rings (SSSR count). The minimum atomic E-state index is -0.904. The van der Waals surface area contributed by atoms with Gasteiger partial charge in [-0.3, -0.25) is 4.68 Å². The van der Waals surface area contributed by atoms with Crippen molar-refractivity contribution < 1.29 is 14.6 Å². The van der Waals surface area contributed by atoms with Crippen molar-refractivity contribution in [1.82, 2.24) is 9.78 Å². The van der Waals surface area contributed by atoms with Gasteiger partial charge in [0.25, 0.3) is 0 Å². The number of carbonyl (C=O) groups is 1. The molecule has 1 aliphatic rings. The SMILES string of the molecule is CC(C)c1c(-c2cccc(Cl)c2)c(-c2ccccc2)nn1C[C@H]1CC[C@H](COCC(=O)O)CC1. The van der Waals surface area contributed by atoms with Crippen LogP contribution < -0.4 is 0 Å². The molecule has 3 aromatic rings. The molecule has 34 heavy (non-hydrogen) atoms. The second-order valence-electron chi connectivity index (χ2n) is 9.62. The van der Waals surface area contributed by atoms with Gasteiger partial charge in [-0.25, -0.2) is 4.79 Å². The van der Waals surface area contributed by atoms with Crippen LogP contribution in [0.25, 0.3) is 22.4 Å². The van der Waals surface area contributed by atoms with Gasteiger partial charge in [-0.1, -0.05) is 67.9 Å². The second kappa shape index (κ2) is 11.2. The topological polar surface area (TPSA) is 64.4 Å². The van der Waals surface area contributed by atoms with Crippen LogP contribution in [0.15, 0.2) is 54.6 Å². The summed E-state index contributed by atoms with van der Waals surface area (Å²) < 4.78 is 7.57. The summed E-state index contributed by atoms with van der Waals surface area (Å²) in [5.41, 5.74) is 5.62. The summed E-state index contributed by atoms with van der Waals surface area (Å²) in [7, 11) is 0. The first-order valence-electron chi connectivity index (χ1n) is 12.1. The lowest BCUT2D eigenvalue weighted by Crippen LogP contribution is -2.24. The van der Waals surface area contributed by atoms with Gasteiger partial charge in [-0.2, -0.15) is 5.10 Å². The largest absolute Gasteiger partial charge is 0.480 e. The fourth-order valence-electron chi connectivity index (χ4n) is 5.07. The maximum Gasteiger partial charge on any atom is 0.329 e. The van der Waals surface area contributed by atoms with E-state index in [0.29, 0.717) is 24.4 Å². The van der Waals surface area contributed by atoms with E-state index >= 15 is 0 Å². The molecule has 6 heteroatoms. The lowest BCUT2D eigenvalue weighted by molar-refractivity contribution is -0.142. The number of aromatic nitrogens is 2. The minimum absolute atomic E-state index is 0.209. The van der Waals surface area contributed by atoms with Crippen LogP contribution in [0.3, 0.4) is 0 Å². The molecule has 0 amide bonds. The number of nitrogens with zero attached hydrogens (tertiary/aromatic N) is 2. The van der Waals surface area contributed by atoms with Crippen LogP contribution in [0.4, 0.5) is 0 Å². The molecule has 1 saturated carbocycles. The standard InChI is InChI=1S/C28H33ClN2O3/c1-19(2)28-26(23-9-6-10-24(29)15-23)27(22-7-4-3-5-8-22)30-31(28)16-20-11-13-21(14-12-20)17-34-18-25(32)33/h3-10,15,19-21H,11-14,16-18H2,1-2H3,(H,32,33)/t20-,21-. The van der Waals surface area contributed by atoms with Crippen molar-refractivity contribution in [1.29, 1.82) is 0 Å². The maximum absolute atomic E-state index is 10.7. The third kappa shape index (κ3) is 5.89. The van der Waals surface area contributed by atoms with Gasteiger partial charge in [0.05, 0.1) is 6.61 Å². The molecule has 0 spiro atoms. The Morgan fingerprint density at radius 3 is 2.38 bits per heavy atom. The molecule has 0 atom stereocenters. The number of benzene rings is 2. The summed E-state index contributed by atoms with van der Waals surface area (Å²) in [5, 5.41) is 14.7. The number of carboxylic acid groups (broad SMARTS) is 1. The third-order valence-electron chi connectivity index (χ3n) is 6.68. The second-order valence-corrected chi connectivity index (χ2v) is 10.1. The van der Waals surface area contributed by atoms with E-state index in [1.165, 1.54) is 11.3 Å². The molecule has 1 heterocycles. The van der Waals surface area contributed by atoms with Crippen molar-refractivity contribution in [3.8, 4) is 22.4 Å². The quantitative estimate of drug-likeness (QED) is 0.361. The van der Waals surface area contributed by atoms with Gasteiger partial charge < -0.3 is 9.84 Å². The van der Waals surface area contributed by atoms with E-state index in [1.54, 1.807) is 0 Å². The Morgan fingerprint density at radius 1 is 1.06 bits per heavy atom. The number of hydrogen-bond donors (Lipinski definition) is 1. The number of halogens is 1. The van der Waals surface area contributed by atoms with E-state index in [2.05, 4.69) is 48.9 Å². The molecule has 1 aliphatic carbocycles. The van der Waals surface area contributed by atoms with Crippen molar-refractivity contribution in [2.24, 2.45) is 11.8 Å². The van der Waals surface area contributed by atoms with E-state index < -0.39 is 5.97 Å². The summed E-state index contributed by atoms with van der Waals surface area (Å²) in [4.78, 5) is 10.7. The molecule has 5 nitrogen and oxygen atoms in total. The fraction of sp³-hybridized carbons (Fsp3) is 0.429. The first-order chi connectivity index (χ1) is 16.4. The Balaban J connectivity index is 1.60. The zero-order valence-electron chi connectivity index (χ0n) is 19.9. The molecule has 1 N–H and O–H groups in total. The van der Waals surface area contributed by atoms with Crippen LogP contribution >= 0.6 is 11.6 Å². The Kier molecular flexibility index (Phi) is 8.07. The highest BCUT2D eigenvalue weighted by Crippen LogP contribution is 2.40. The smallest absolute Gasteiger partial charge is 0.329 e. The van der Waals surface area contributed by atoms with Crippen molar-refractivity contribution in [2.45, 2.75) is 52.0 Å². The van der Waals surface area contributed by atoms with Crippen molar-refractivity contribution in [3.63, 3.8) is 0 Å². The molecule has 1 fully saturated rings. The van der Waals surface area contributed by atoms with E-state index in [-0.39, 0.29) is 6.61 Å². The van der Waals surface area contributed by atoms with Gasteiger partial charge >= 0.3 is 5.97 Å². The van der Waals surface area contributed by atoms with Gasteiger partial charge in [0.1, 0.15) is 12.3 Å². The average Bonchev–Trinajstić information content (AvgIpc) is 3.20. The molecule has 0 aliphatic heterocycles. The normalized spacial score (nSPS) is 18.4. The predicted octanol–water partition coefficient (Wildman–Crippen LogP) is 6.90. The number of ether oxygens (including phenoxy) is 1. The molecular weight excluding hydrogens is 448 g/mol. The molecule has 2 aromatic carbocycles. The first kappa shape index (κ1) is 24.5. The Labute approximate surface area is 206 Å². The first-order valence-corrected chi connectivity index (χ1v) is 12.5. The fourth-order valence-corrected chi connectivity index (χ4v) is 5.26. The lowest BCUT2D eigenvalue weighted by Gasteiger charge is -2.29. The zero-order valence-corrected chi connectivity index (χ0v) is 20.7. The molecule has 0 radical (unpaired) electrons. The molecule has 180 valence electrons. The summed E-state index contributed by atoms with van der Waals surface area (Å²) in [6.45, 7) is 5.67. The van der Waals surface area contributed by atoms with Crippen LogP contribution in [-0.4, -0.2) is 34.1 Å². The predicted molar refractivity (Wildman–Crippen MR) is 136 cm³/mol. The Hall–Kier alpha value is -2.63. The van der Waals surface area contributed by atoms with E-state index in [4.69, 9.17) is 26.5 Å². The van der Waals surface area contributed by atoms with Gasteiger partial charge in [0.15, 0.2) is 0 Å². The summed E-state index contributed by atoms with van der Waals surface area (Å²) in [6, 6.07) is 18.4. The number of carboxylic acids is 1. The van der Waals surface area contributed by atoms with Crippen LogP contribution in [0, 0.1) is 11.8 Å². The number of hydrogen-bond acceptors (Lipinski definition) is 3. The average molecular weight is 481 g/mol. The Morgan fingerprint density at radius 2 is 1.74 bits per heavy atom. The maximum atomic E-state index is 10.7. The van der Waals surface area contributed by atoms with Crippen LogP contribution in [0.2, 0.25) is 5.02 Å². The minimum Gasteiger partial charge on any atom is -0.480 e. The van der Waals surface area contributed by atoms with Crippen LogP contribution in [0.5, 0.6) is 0 Å². The van der Waals surface area contributed by atoms with Crippen LogP contribution in [-0.2, 0) is 16.1 Å². The lowest BCUT2D eigenvalue weighted by atomic mass is 9.82. The highest BCUT2D eigenvalue weighted by molar-refractivity contribution is 6.30. The number of aliphatic carboxylic acids is 1. The molecule has 0 saturated heterocycles. The molecule has 0 bridgehead atoms. The molecular formula is C28H33ClN2O3. The summed E-state index contributed by atoms with van der Waals surface area (Å²) in [5.74, 6) is 0.390.